The van der Waals surface area contributed by atoms with E-state index in [0.717, 1.165) is 25.0 Å². The maximum absolute atomic E-state index is 12.5. The van der Waals surface area contributed by atoms with Gasteiger partial charge in [0.2, 0.25) is 0 Å². The maximum atomic E-state index is 12.5. The average Bonchev–Trinajstić information content (AvgIpc) is 2.75. The number of rotatable bonds is 6. The summed E-state index contributed by atoms with van der Waals surface area (Å²) in [6.45, 7) is 0. The molecule has 1 aliphatic carbocycles. The van der Waals surface area contributed by atoms with Gasteiger partial charge in [-0.15, -0.1) is 0 Å². The molecule has 0 aliphatic heterocycles. The van der Waals surface area contributed by atoms with Crippen LogP contribution in [0.2, 0.25) is 0 Å². The molecule has 0 saturated heterocycles. The van der Waals surface area contributed by atoms with Crippen molar-refractivity contribution in [1.29, 1.82) is 0 Å². The lowest BCUT2D eigenvalue weighted by Crippen LogP contribution is -2.53. The van der Waals surface area contributed by atoms with Gasteiger partial charge in [0.25, 0.3) is 23.2 Å². The van der Waals surface area contributed by atoms with Gasteiger partial charge in [-0.3, -0.25) is 39.8 Å². The first-order valence-electron chi connectivity index (χ1n) is 9.18. The summed E-state index contributed by atoms with van der Waals surface area (Å²) in [6.07, 6.45) is 5.20. The minimum absolute atomic E-state index is 0.0970. The highest BCUT2D eigenvalue weighted by Gasteiger charge is 2.29. The smallest absolute Gasteiger partial charge is 0.273 e. The number of carbonyl (C=O) groups is 2. The Balaban J connectivity index is 1.70. The summed E-state index contributed by atoms with van der Waals surface area (Å²) in [5.74, 6) is -1.17. The first kappa shape index (κ1) is 20.8. The van der Waals surface area contributed by atoms with Gasteiger partial charge in [-0.1, -0.05) is 12.8 Å². The van der Waals surface area contributed by atoms with Crippen LogP contribution in [-0.2, 0) is 0 Å². The SMILES string of the molecule is O=C(N[C@@H]1CCCC[C@H]1NC(=O)c1cc([N+](=O)[O-])ccn1)c1cc([N+](=O)[O-])ccn1. The molecular weight excluding hydrogens is 396 g/mol. The van der Waals surface area contributed by atoms with Crippen LogP contribution in [0.25, 0.3) is 0 Å². The molecule has 3 rings (SSSR count). The average molecular weight is 414 g/mol. The maximum Gasteiger partial charge on any atom is 0.273 e. The molecule has 2 amide bonds. The third kappa shape index (κ3) is 4.90. The molecule has 2 heterocycles. The Morgan fingerprint density at radius 3 is 1.60 bits per heavy atom. The molecule has 2 atom stereocenters. The van der Waals surface area contributed by atoms with Crippen LogP contribution in [0.15, 0.2) is 36.7 Å². The predicted octanol–water partition coefficient (Wildman–Crippen LogP) is 1.76. The molecule has 30 heavy (non-hydrogen) atoms. The largest absolute Gasteiger partial charge is 0.346 e. The zero-order valence-corrected chi connectivity index (χ0v) is 15.7. The highest BCUT2D eigenvalue weighted by Crippen LogP contribution is 2.20. The van der Waals surface area contributed by atoms with Crippen LogP contribution in [-0.4, -0.2) is 43.7 Å². The molecule has 0 aromatic carbocycles. The van der Waals surface area contributed by atoms with E-state index in [1.54, 1.807) is 0 Å². The molecule has 2 N–H and O–H groups in total. The van der Waals surface area contributed by atoms with E-state index < -0.39 is 33.7 Å². The highest BCUT2D eigenvalue weighted by molar-refractivity contribution is 5.94. The second-order valence-electron chi connectivity index (χ2n) is 6.76. The van der Waals surface area contributed by atoms with Crippen molar-refractivity contribution in [2.75, 3.05) is 0 Å². The number of pyridine rings is 2. The van der Waals surface area contributed by atoms with E-state index in [4.69, 9.17) is 0 Å². The van der Waals surface area contributed by atoms with E-state index in [1.807, 2.05) is 0 Å². The lowest BCUT2D eigenvalue weighted by molar-refractivity contribution is -0.385. The van der Waals surface area contributed by atoms with Crippen LogP contribution in [0.5, 0.6) is 0 Å². The van der Waals surface area contributed by atoms with Crippen LogP contribution < -0.4 is 10.6 Å². The van der Waals surface area contributed by atoms with E-state index in [2.05, 4.69) is 20.6 Å². The van der Waals surface area contributed by atoms with E-state index in [9.17, 15) is 29.8 Å². The van der Waals surface area contributed by atoms with Gasteiger partial charge < -0.3 is 10.6 Å². The molecule has 2 aromatic heterocycles. The highest BCUT2D eigenvalue weighted by atomic mass is 16.6. The number of nitrogens with zero attached hydrogens (tertiary/aromatic N) is 4. The van der Waals surface area contributed by atoms with Gasteiger partial charge in [0.1, 0.15) is 11.4 Å². The molecule has 0 radical (unpaired) electrons. The lowest BCUT2D eigenvalue weighted by Gasteiger charge is -2.32. The fraction of sp³-hybridized carbons (Fsp3) is 0.333. The summed E-state index contributed by atoms with van der Waals surface area (Å²) in [6, 6.07) is 3.70. The van der Waals surface area contributed by atoms with Gasteiger partial charge in [-0.05, 0) is 12.8 Å². The minimum Gasteiger partial charge on any atom is -0.346 e. The molecule has 1 saturated carbocycles. The Bertz CT molecular complexity index is 917. The Hall–Kier alpha value is -3.96. The number of carbonyl (C=O) groups excluding carboxylic acids is 2. The van der Waals surface area contributed by atoms with Gasteiger partial charge in [0.15, 0.2) is 0 Å². The summed E-state index contributed by atoms with van der Waals surface area (Å²) in [4.78, 5) is 53.3. The molecule has 2 aromatic rings. The Kier molecular flexibility index (Phi) is 6.25. The molecule has 156 valence electrons. The van der Waals surface area contributed by atoms with Crippen molar-refractivity contribution in [2.45, 2.75) is 37.8 Å². The number of hydrogen-bond donors (Lipinski definition) is 2. The fourth-order valence-corrected chi connectivity index (χ4v) is 3.28. The van der Waals surface area contributed by atoms with Crippen LogP contribution in [0, 0.1) is 20.2 Å². The second-order valence-corrected chi connectivity index (χ2v) is 6.76. The van der Waals surface area contributed by atoms with Gasteiger partial charge in [-0.25, -0.2) is 0 Å². The number of nitro groups is 2. The van der Waals surface area contributed by atoms with Gasteiger partial charge in [-0.2, -0.15) is 0 Å². The predicted molar refractivity (Wildman–Crippen MR) is 103 cm³/mol. The van der Waals surface area contributed by atoms with Gasteiger partial charge in [0.05, 0.1) is 9.85 Å². The minimum atomic E-state index is -0.617. The van der Waals surface area contributed by atoms with E-state index >= 15 is 0 Å². The monoisotopic (exact) mass is 414 g/mol. The molecule has 1 aliphatic rings. The van der Waals surface area contributed by atoms with Crippen molar-refractivity contribution in [1.82, 2.24) is 20.6 Å². The molecule has 0 unspecified atom stereocenters. The number of hydrogen-bond acceptors (Lipinski definition) is 8. The molecule has 12 nitrogen and oxygen atoms in total. The van der Waals surface area contributed by atoms with Crippen molar-refractivity contribution < 1.29 is 19.4 Å². The van der Waals surface area contributed by atoms with Gasteiger partial charge >= 0.3 is 0 Å². The fourth-order valence-electron chi connectivity index (χ4n) is 3.28. The first-order valence-corrected chi connectivity index (χ1v) is 9.18. The Morgan fingerprint density at radius 2 is 1.23 bits per heavy atom. The summed E-state index contributed by atoms with van der Waals surface area (Å²) in [5.41, 5.74) is -0.693. The zero-order chi connectivity index (χ0) is 21.7. The second kappa shape index (κ2) is 9.03. The van der Waals surface area contributed by atoms with E-state index in [0.29, 0.717) is 12.8 Å². The number of nitrogens with one attached hydrogen (secondary N) is 2. The summed E-state index contributed by atoms with van der Waals surface area (Å²) < 4.78 is 0. The molecule has 0 spiro atoms. The third-order valence-electron chi connectivity index (χ3n) is 4.77. The quantitative estimate of drug-likeness (QED) is 0.532. The first-order chi connectivity index (χ1) is 14.3. The van der Waals surface area contributed by atoms with Crippen molar-refractivity contribution >= 4 is 23.2 Å². The summed E-state index contributed by atoms with van der Waals surface area (Å²) >= 11 is 0. The zero-order valence-electron chi connectivity index (χ0n) is 15.7. The summed E-state index contributed by atoms with van der Waals surface area (Å²) in [5, 5.41) is 27.3. The van der Waals surface area contributed by atoms with Gasteiger partial charge in [0, 0.05) is 48.7 Å². The van der Waals surface area contributed by atoms with Crippen molar-refractivity contribution in [2.24, 2.45) is 0 Å². The van der Waals surface area contributed by atoms with E-state index in [1.165, 1.54) is 24.5 Å². The summed E-state index contributed by atoms with van der Waals surface area (Å²) in [7, 11) is 0. The number of amides is 2. The van der Waals surface area contributed by atoms with Crippen LogP contribution in [0.1, 0.15) is 46.7 Å². The van der Waals surface area contributed by atoms with Crippen LogP contribution >= 0.6 is 0 Å². The van der Waals surface area contributed by atoms with Crippen LogP contribution in [0.4, 0.5) is 11.4 Å². The molecule has 1 fully saturated rings. The normalized spacial score (nSPS) is 18.3. The van der Waals surface area contributed by atoms with Crippen LogP contribution in [0.3, 0.4) is 0 Å². The Morgan fingerprint density at radius 1 is 0.833 bits per heavy atom. The van der Waals surface area contributed by atoms with E-state index in [-0.39, 0.29) is 22.8 Å². The van der Waals surface area contributed by atoms with Crippen molar-refractivity contribution in [3.05, 3.63) is 68.3 Å². The van der Waals surface area contributed by atoms with Crippen molar-refractivity contribution in [3.8, 4) is 0 Å². The molecule has 0 bridgehead atoms. The molecule has 12 heteroatoms. The Labute approximate surface area is 170 Å². The van der Waals surface area contributed by atoms with Crippen molar-refractivity contribution in [3.63, 3.8) is 0 Å². The third-order valence-corrected chi connectivity index (χ3v) is 4.77. The standard InChI is InChI=1S/C18H18N6O6/c25-17(15-9-11(23(27)28)5-7-19-15)21-13-3-1-2-4-14(13)22-18(26)16-10-12(24(29)30)6-8-20-16/h5-10,13-14H,1-4H2,(H,21,25)(H,22,26)/t13-,14-/m1/s1. The molecular formula is C18H18N6O6. The number of aromatic nitrogens is 2. The topological polar surface area (TPSA) is 170 Å². The lowest BCUT2D eigenvalue weighted by atomic mass is 9.90.